The SMILES string of the molecule is CCOC(=O)c1nnc(C)n1CC1(C(C)C)CC1. The first-order valence-corrected chi connectivity index (χ1v) is 6.57. The first kappa shape index (κ1) is 13.1. The van der Waals surface area contributed by atoms with Gasteiger partial charge in [0.1, 0.15) is 5.82 Å². The zero-order valence-electron chi connectivity index (χ0n) is 11.6. The van der Waals surface area contributed by atoms with Crippen LogP contribution in [-0.2, 0) is 11.3 Å². The zero-order valence-corrected chi connectivity index (χ0v) is 11.6. The van der Waals surface area contributed by atoms with Gasteiger partial charge in [-0.25, -0.2) is 4.79 Å². The van der Waals surface area contributed by atoms with Crippen LogP contribution in [0.5, 0.6) is 0 Å². The predicted octanol–water partition coefficient (Wildman–Crippen LogP) is 2.20. The molecule has 5 nitrogen and oxygen atoms in total. The molecule has 0 atom stereocenters. The molecule has 18 heavy (non-hydrogen) atoms. The largest absolute Gasteiger partial charge is 0.460 e. The highest BCUT2D eigenvalue weighted by molar-refractivity contribution is 5.85. The van der Waals surface area contributed by atoms with E-state index in [1.165, 1.54) is 12.8 Å². The molecular weight excluding hydrogens is 230 g/mol. The molecule has 0 amide bonds. The van der Waals surface area contributed by atoms with Crippen LogP contribution in [0.4, 0.5) is 0 Å². The maximum absolute atomic E-state index is 11.8. The molecule has 0 N–H and O–H groups in total. The molecule has 1 saturated carbocycles. The lowest BCUT2D eigenvalue weighted by Crippen LogP contribution is -2.22. The molecule has 1 aliphatic carbocycles. The van der Waals surface area contributed by atoms with Crippen molar-refractivity contribution < 1.29 is 9.53 Å². The fourth-order valence-corrected chi connectivity index (χ4v) is 2.31. The first-order valence-electron chi connectivity index (χ1n) is 6.57. The van der Waals surface area contributed by atoms with E-state index in [1.807, 2.05) is 11.5 Å². The van der Waals surface area contributed by atoms with E-state index in [1.54, 1.807) is 6.92 Å². The van der Waals surface area contributed by atoms with Gasteiger partial charge in [-0.2, -0.15) is 0 Å². The number of carbonyl (C=O) groups is 1. The highest BCUT2D eigenvalue weighted by Crippen LogP contribution is 2.53. The quantitative estimate of drug-likeness (QED) is 0.753. The Kier molecular flexibility index (Phi) is 3.41. The van der Waals surface area contributed by atoms with Crippen molar-refractivity contribution in [3.63, 3.8) is 0 Å². The Morgan fingerprint density at radius 3 is 2.61 bits per heavy atom. The normalized spacial score (nSPS) is 16.9. The summed E-state index contributed by atoms with van der Waals surface area (Å²) >= 11 is 0. The molecule has 0 unspecified atom stereocenters. The Morgan fingerprint density at radius 2 is 2.11 bits per heavy atom. The lowest BCUT2D eigenvalue weighted by Gasteiger charge is -2.21. The summed E-state index contributed by atoms with van der Waals surface area (Å²) in [6.45, 7) is 9.32. The van der Waals surface area contributed by atoms with E-state index < -0.39 is 0 Å². The van der Waals surface area contributed by atoms with Crippen LogP contribution in [0.1, 0.15) is 50.1 Å². The summed E-state index contributed by atoms with van der Waals surface area (Å²) in [5, 5.41) is 7.95. The molecule has 100 valence electrons. The molecule has 1 aliphatic rings. The Hall–Kier alpha value is -1.39. The van der Waals surface area contributed by atoms with Gasteiger partial charge >= 0.3 is 5.97 Å². The maximum atomic E-state index is 11.8. The van der Waals surface area contributed by atoms with Gasteiger partial charge in [0.15, 0.2) is 0 Å². The number of hydrogen-bond donors (Lipinski definition) is 0. The number of aryl methyl sites for hydroxylation is 1. The van der Waals surface area contributed by atoms with E-state index in [0.717, 1.165) is 12.4 Å². The standard InChI is InChI=1S/C13H21N3O2/c1-5-18-12(17)11-15-14-10(4)16(11)8-13(6-7-13)9(2)3/h9H,5-8H2,1-4H3. The average molecular weight is 251 g/mol. The van der Waals surface area contributed by atoms with Gasteiger partial charge in [0.05, 0.1) is 6.61 Å². The van der Waals surface area contributed by atoms with Crippen molar-refractivity contribution in [2.24, 2.45) is 11.3 Å². The Bertz CT molecular complexity index is 447. The van der Waals surface area contributed by atoms with Crippen LogP contribution in [-0.4, -0.2) is 27.3 Å². The number of carbonyl (C=O) groups excluding carboxylic acids is 1. The lowest BCUT2D eigenvalue weighted by molar-refractivity contribution is 0.0503. The van der Waals surface area contributed by atoms with Crippen molar-refractivity contribution >= 4 is 5.97 Å². The van der Waals surface area contributed by atoms with Crippen molar-refractivity contribution in [1.29, 1.82) is 0 Å². The first-order chi connectivity index (χ1) is 8.50. The minimum absolute atomic E-state index is 0.314. The third-order valence-corrected chi connectivity index (χ3v) is 3.98. The lowest BCUT2D eigenvalue weighted by atomic mass is 9.92. The summed E-state index contributed by atoms with van der Waals surface area (Å²) in [4.78, 5) is 11.8. The van der Waals surface area contributed by atoms with Gasteiger partial charge < -0.3 is 9.30 Å². The number of rotatable bonds is 5. The molecule has 2 rings (SSSR count). The number of aromatic nitrogens is 3. The van der Waals surface area contributed by atoms with E-state index in [0.29, 0.717) is 23.8 Å². The van der Waals surface area contributed by atoms with E-state index >= 15 is 0 Å². The Morgan fingerprint density at radius 1 is 1.44 bits per heavy atom. The van der Waals surface area contributed by atoms with Crippen molar-refractivity contribution in [3.05, 3.63) is 11.6 Å². The summed E-state index contributed by atoms with van der Waals surface area (Å²) < 4.78 is 6.92. The van der Waals surface area contributed by atoms with Gasteiger partial charge in [0.2, 0.25) is 5.82 Å². The third kappa shape index (κ3) is 2.26. The molecule has 1 fully saturated rings. The highest BCUT2D eigenvalue weighted by atomic mass is 16.5. The molecular formula is C13H21N3O2. The monoisotopic (exact) mass is 251 g/mol. The third-order valence-electron chi connectivity index (χ3n) is 3.98. The summed E-state index contributed by atoms with van der Waals surface area (Å²) in [5.74, 6) is 1.35. The van der Waals surface area contributed by atoms with E-state index in [-0.39, 0.29) is 5.97 Å². The summed E-state index contributed by atoms with van der Waals surface area (Å²) in [6.07, 6.45) is 2.43. The van der Waals surface area contributed by atoms with E-state index in [9.17, 15) is 4.79 Å². The second-order valence-electron chi connectivity index (χ2n) is 5.39. The van der Waals surface area contributed by atoms with Crippen LogP contribution in [0.3, 0.4) is 0 Å². The number of hydrogen-bond acceptors (Lipinski definition) is 4. The highest BCUT2D eigenvalue weighted by Gasteiger charge is 2.46. The Labute approximate surface area is 108 Å². The summed E-state index contributed by atoms with van der Waals surface area (Å²) in [5.41, 5.74) is 0.314. The van der Waals surface area contributed by atoms with Crippen LogP contribution in [0.15, 0.2) is 0 Å². The molecule has 1 aromatic heterocycles. The molecule has 0 radical (unpaired) electrons. The second-order valence-corrected chi connectivity index (χ2v) is 5.39. The molecule has 0 spiro atoms. The summed E-state index contributed by atoms with van der Waals surface area (Å²) in [6, 6.07) is 0. The predicted molar refractivity (Wildman–Crippen MR) is 67.2 cm³/mol. The van der Waals surface area contributed by atoms with Crippen LogP contribution >= 0.6 is 0 Å². The number of nitrogens with zero attached hydrogens (tertiary/aromatic N) is 3. The van der Waals surface area contributed by atoms with Gasteiger partial charge in [0, 0.05) is 6.54 Å². The molecule has 5 heteroatoms. The van der Waals surface area contributed by atoms with Crippen LogP contribution in [0.25, 0.3) is 0 Å². The fourth-order valence-electron chi connectivity index (χ4n) is 2.31. The van der Waals surface area contributed by atoms with Crippen LogP contribution < -0.4 is 0 Å². The molecule has 0 saturated heterocycles. The minimum Gasteiger partial charge on any atom is -0.460 e. The molecule has 0 aromatic carbocycles. The average Bonchev–Trinajstić information content (AvgIpc) is 3.01. The maximum Gasteiger partial charge on any atom is 0.376 e. The van der Waals surface area contributed by atoms with Gasteiger partial charge in [-0.3, -0.25) is 0 Å². The van der Waals surface area contributed by atoms with Crippen molar-refractivity contribution in [1.82, 2.24) is 14.8 Å². The zero-order chi connectivity index (χ0) is 13.3. The number of esters is 1. The van der Waals surface area contributed by atoms with Gasteiger partial charge in [-0.05, 0) is 38.0 Å². The van der Waals surface area contributed by atoms with Crippen LogP contribution in [0, 0.1) is 18.3 Å². The van der Waals surface area contributed by atoms with Gasteiger partial charge in [0.25, 0.3) is 0 Å². The minimum atomic E-state index is -0.377. The topological polar surface area (TPSA) is 57.0 Å². The molecule has 1 heterocycles. The van der Waals surface area contributed by atoms with Crippen molar-refractivity contribution in [3.8, 4) is 0 Å². The van der Waals surface area contributed by atoms with E-state index in [2.05, 4.69) is 24.0 Å². The second kappa shape index (κ2) is 4.71. The van der Waals surface area contributed by atoms with Gasteiger partial charge in [-0.15, -0.1) is 10.2 Å². The van der Waals surface area contributed by atoms with E-state index in [4.69, 9.17) is 4.74 Å². The van der Waals surface area contributed by atoms with Crippen molar-refractivity contribution in [2.75, 3.05) is 6.61 Å². The van der Waals surface area contributed by atoms with Crippen LogP contribution in [0.2, 0.25) is 0 Å². The fraction of sp³-hybridized carbons (Fsp3) is 0.769. The van der Waals surface area contributed by atoms with Crippen molar-refractivity contribution in [2.45, 2.75) is 47.1 Å². The Balaban J connectivity index is 2.22. The molecule has 1 aromatic rings. The molecule has 0 aliphatic heterocycles. The van der Waals surface area contributed by atoms with Gasteiger partial charge in [-0.1, -0.05) is 13.8 Å². The number of ether oxygens (including phenoxy) is 1. The smallest absolute Gasteiger partial charge is 0.376 e. The summed E-state index contributed by atoms with van der Waals surface area (Å²) in [7, 11) is 0. The molecule has 0 bridgehead atoms.